The van der Waals surface area contributed by atoms with Crippen LogP contribution in [0.25, 0.3) is 22.0 Å². The number of halogens is 3. The zero-order valence-corrected chi connectivity index (χ0v) is 24.1. The van der Waals surface area contributed by atoms with Crippen LogP contribution in [-0.4, -0.2) is 78.7 Å². The third kappa shape index (κ3) is 7.46. The first-order chi connectivity index (χ1) is 19.1. The van der Waals surface area contributed by atoms with Crippen LogP contribution in [0.15, 0.2) is 42.6 Å². The van der Waals surface area contributed by atoms with Gasteiger partial charge in [-0.15, -0.1) is 0 Å². The number of aromatic amines is 1. The molecule has 0 spiro atoms. The summed E-state index contributed by atoms with van der Waals surface area (Å²) in [5.74, 6) is -2.88. The molecule has 9 nitrogen and oxygen atoms in total. The fourth-order valence-electron chi connectivity index (χ4n) is 4.86. The van der Waals surface area contributed by atoms with E-state index in [1.54, 1.807) is 11.2 Å². The number of fused-ring (bicyclic) bond motifs is 1. The van der Waals surface area contributed by atoms with E-state index in [1.165, 1.54) is 5.56 Å². The zero-order chi connectivity index (χ0) is 30.7. The van der Waals surface area contributed by atoms with E-state index < -0.39 is 28.1 Å². The summed E-state index contributed by atoms with van der Waals surface area (Å²) in [5.41, 5.74) is 11.3. The fraction of sp³-hybridized carbons (Fsp3) is 0.429. The van der Waals surface area contributed by atoms with Crippen molar-refractivity contribution in [2.24, 2.45) is 5.73 Å². The molecule has 1 aromatic heterocycles. The number of benzene rings is 2. The van der Waals surface area contributed by atoms with Gasteiger partial charge in [0.25, 0.3) is 5.91 Å². The average Bonchev–Trinajstić information content (AvgIpc) is 3.36. The van der Waals surface area contributed by atoms with Crippen molar-refractivity contribution in [1.29, 1.82) is 0 Å². The number of carboxylic acid groups (broad SMARTS) is 1. The first kappa shape index (κ1) is 32.1. The van der Waals surface area contributed by atoms with Gasteiger partial charge in [-0.3, -0.25) is 4.79 Å². The molecule has 2 aromatic carbocycles. The molecule has 0 bridgehead atoms. The van der Waals surface area contributed by atoms with Gasteiger partial charge in [0.15, 0.2) is 0 Å². The minimum absolute atomic E-state index is 0.127. The molecule has 0 saturated carbocycles. The predicted octanol–water partition coefficient (Wildman–Crippen LogP) is 4.72. The predicted molar refractivity (Wildman–Crippen MR) is 151 cm³/mol. The number of sulfonamides is 1. The first-order valence-corrected chi connectivity index (χ1v) is 14.7. The Hall–Kier alpha value is -3.42. The molecule has 4 N–H and O–H groups in total. The SMILES string of the molecule is CCS(=O)(=O)N1CCC(c2c[nH]c3c(C(N)=O)cc(-c4cccc(C(C)N(C)C)c4)cc23)CC1.O=C(O)C(F)(F)F. The zero-order valence-electron chi connectivity index (χ0n) is 23.3. The summed E-state index contributed by atoms with van der Waals surface area (Å²) in [5, 5.41) is 8.11. The number of nitrogens with one attached hydrogen (secondary N) is 1. The molecule has 2 heterocycles. The van der Waals surface area contributed by atoms with E-state index in [2.05, 4.69) is 55.2 Å². The first-order valence-electron chi connectivity index (χ1n) is 13.1. The van der Waals surface area contributed by atoms with Crippen molar-refractivity contribution in [2.45, 2.75) is 44.8 Å². The lowest BCUT2D eigenvalue weighted by Gasteiger charge is -2.31. The Morgan fingerprint density at radius 2 is 1.76 bits per heavy atom. The number of nitrogens with two attached hydrogens (primary N) is 1. The van der Waals surface area contributed by atoms with Gasteiger partial charge in [-0.2, -0.15) is 13.2 Å². The van der Waals surface area contributed by atoms with Gasteiger partial charge in [-0.05, 0) is 87.2 Å². The average molecular weight is 597 g/mol. The molecular weight excluding hydrogens is 561 g/mol. The van der Waals surface area contributed by atoms with Crippen molar-refractivity contribution < 1.29 is 36.3 Å². The second-order valence-corrected chi connectivity index (χ2v) is 12.5. The lowest BCUT2D eigenvalue weighted by molar-refractivity contribution is -0.192. The van der Waals surface area contributed by atoms with Gasteiger partial charge in [0, 0.05) is 30.7 Å². The molecule has 1 amide bonds. The van der Waals surface area contributed by atoms with Crippen LogP contribution < -0.4 is 5.73 Å². The van der Waals surface area contributed by atoms with Crippen LogP contribution in [-0.2, 0) is 14.8 Å². The molecule has 3 aromatic rings. The van der Waals surface area contributed by atoms with Crippen LogP contribution in [0.2, 0.25) is 0 Å². The van der Waals surface area contributed by atoms with Crippen LogP contribution in [0.3, 0.4) is 0 Å². The van der Waals surface area contributed by atoms with Gasteiger partial charge < -0.3 is 20.7 Å². The summed E-state index contributed by atoms with van der Waals surface area (Å²) in [7, 11) is 0.933. The van der Waals surface area contributed by atoms with Crippen LogP contribution in [0.1, 0.15) is 60.1 Å². The Kier molecular flexibility index (Phi) is 9.88. The maximum absolute atomic E-state index is 12.4. The van der Waals surface area contributed by atoms with Gasteiger partial charge in [0.2, 0.25) is 10.0 Å². The summed E-state index contributed by atoms with van der Waals surface area (Å²) in [6.07, 6.45) is -1.63. The van der Waals surface area contributed by atoms with E-state index in [1.807, 2.05) is 18.3 Å². The van der Waals surface area contributed by atoms with E-state index in [-0.39, 0.29) is 17.7 Å². The number of alkyl halides is 3. The van der Waals surface area contributed by atoms with Crippen LogP contribution in [0.5, 0.6) is 0 Å². The molecule has 1 aliphatic heterocycles. The van der Waals surface area contributed by atoms with Gasteiger partial charge in [-0.25, -0.2) is 17.5 Å². The van der Waals surface area contributed by atoms with Gasteiger partial charge in [0.05, 0.1) is 16.8 Å². The molecule has 1 saturated heterocycles. The van der Waals surface area contributed by atoms with E-state index in [0.717, 1.165) is 40.4 Å². The maximum atomic E-state index is 12.4. The molecule has 1 atom stereocenters. The van der Waals surface area contributed by atoms with E-state index in [9.17, 15) is 26.4 Å². The largest absolute Gasteiger partial charge is 0.490 e. The second kappa shape index (κ2) is 12.6. The van der Waals surface area contributed by atoms with Gasteiger partial charge in [0.1, 0.15) is 0 Å². The number of carboxylic acids is 1. The Morgan fingerprint density at radius 3 is 2.27 bits per heavy atom. The van der Waals surface area contributed by atoms with Crippen LogP contribution in [0, 0.1) is 0 Å². The Labute approximate surface area is 237 Å². The molecule has 1 unspecified atom stereocenters. The summed E-state index contributed by atoms with van der Waals surface area (Å²) in [4.78, 5) is 26.7. The van der Waals surface area contributed by atoms with Gasteiger partial charge >= 0.3 is 12.1 Å². The Morgan fingerprint density at radius 1 is 1.15 bits per heavy atom. The third-order valence-corrected chi connectivity index (χ3v) is 9.34. The minimum atomic E-state index is -5.08. The summed E-state index contributed by atoms with van der Waals surface area (Å²) >= 11 is 0. The number of hydrogen-bond donors (Lipinski definition) is 3. The Bertz CT molecular complexity index is 1510. The fourth-order valence-corrected chi connectivity index (χ4v) is 5.99. The number of hydrogen-bond acceptors (Lipinski definition) is 5. The van der Waals surface area contributed by atoms with E-state index >= 15 is 0 Å². The molecule has 0 radical (unpaired) electrons. The lowest BCUT2D eigenvalue weighted by atomic mass is 9.88. The number of carbonyl (C=O) groups excluding carboxylic acids is 1. The summed E-state index contributed by atoms with van der Waals surface area (Å²) < 4.78 is 57.9. The van der Waals surface area contributed by atoms with Crippen molar-refractivity contribution in [2.75, 3.05) is 32.9 Å². The summed E-state index contributed by atoms with van der Waals surface area (Å²) in [6, 6.07) is 12.6. The van der Waals surface area contributed by atoms with E-state index in [0.29, 0.717) is 18.7 Å². The second-order valence-electron chi connectivity index (χ2n) is 10.2. The quantitative estimate of drug-likeness (QED) is 0.361. The number of aromatic nitrogens is 1. The molecule has 1 fully saturated rings. The topological polar surface area (TPSA) is 137 Å². The van der Waals surface area contributed by atoms with Crippen molar-refractivity contribution in [3.8, 4) is 11.1 Å². The van der Waals surface area contributed by atoms with Crippen LogP contribution >= 0.6 is 0 Å². The number of carbonyl (C=O) groups is 2. The monoisotopic (exact) mass is 596 g/mol. The van der Waals surface area contributed by atoms with Crippen molar-refractivity contribution in [3.05, 3.63) is 59.3 Å². The van der Waals surface area contributed by atoms with Crippen molar-refractivity contribution in [3.63, 3.8) is 0 Å². The lowest BCUT2D eigenvalue weighted by Crippen LogP contribution is -2.38. The van der Waals surface area contributed by atoms with E-state index in [4.69, 9.17) is 15.6 Å². The molecule has 13 heteroatoms. The highest BCUT2D eigenvalue weighted by molar-refractivity contribution is 7.89. The maximum Gasteiger partial charge on any atom is 0.490 e. The van der Waals surface area contributed by atoms with Crippen molar-refractivity contribution in [1.82, 2.24) is 14.2 Å². The summed E-state index contributed by atoms with van der Waals surface area (Å²) in [6.45, 7) is 4.87. The number of nitrogens with zero attached hydrogens (tertiary/aromatic N) is 2. The molecule has 4 rings (SSSR count). The smallest absolute Gasteiger partial charge is 0.475 e. The highest BCUT2D eigenvalue weighted by Gasteiger charge is 2.38. The normalized spacial score (nSPS) is 15.9. The number of H-pyrrole nitrogens is 1. The highest BCUT2D eigenvalue weighted by Crippen LogP contribution is 2.37. The molecule has 0 aliphatic carbocycles. The number of aliphatic carboxylic acids is 1. The number of rotatable bonds is 7. The third-order valence-electron chi connectivity index (χ3n) is 7.46. The van der Waals surface area contributed by atoms with Gasteiger partial charge in [-0.1, -0.05) is 18.2 Å². The number of piperidine rings is 1. The minimum Gasteiger partial charge on any atom is -0.475 e. The number of amides is 1. The standard InChI is InChI=1S/C26H34N4O3S.C2HF3O2/c1-5-34(32,33)30-11-9-18(10-12-30)24-16-28-25-22(24)14-21(15-23(25)26(27)31)20-8-6-7-19(13-20)17(2)29(3)4;3-2(4,5)1(6)7/h6-8,13-18,28H,5,9-12H2,1-4H3,(H2,27,31);(H,6,7). The molecule has 1 aliphatic rings. The number of primary amides is 1. The molecule has 224 valence electrons. The molecule has 41 heavy (non-hydrogen) atoms. The highest BCUT2D eigenvalue weighted by atomic mass is 32.2. The van der Waals surface area contributed by atoms with Crippen molar-refractivity contribution >= 4 is 32.8 Å². The van der Waals surface area contributed by atoms with Crippen LogP contribution in [0.4, 0.5) is 13.2 Å². The Balaban J connectivity index is 0.000000587. The molecular formula is C28H35F3N4O5S.